The average Bonchev–Trinajstić information content (AvgIpc) is 1.76. The number of carbonyl (C=O) groups is 9. The third-order valence-corrected chi connectivity index (χ3v) is 32.4. The third-order valence-electron chi connectivity index (χ3n) is 28.6. The molecule has 9 heterocycles. The molecule has 139 heavy (non-hydrogen) atoms. The van der Waals surface area contributed by atoms with Gasteiger partial charge in [0.05, 0.1) is 32.2 Å². The fourth-order valence-electron chi connectivity index (χ4n) is 21.4. The minimum absolute atomic E-state index is 0.0422. The lowest BCUT2D eigenvalue weighted by atomic mass is 9.76. The number of likely N-dealkylation sites (tertiary alicyclic amines) is 2. The molecule has 9 saturated heterocycles. The van der Waals surface area contributed by atoms with E-state index in [2.05, 4.69) is 112 Å². The number of ketones is 9. The summed E-state index contributed by atoms with van der Waals surface area (Å²) in [6, 6.07) is 7.07. The molecule has 14 rings (SSSR count). The first-order valence-electron chi connectivity index (χ1n) is 56.8. The predicted octanol–water partition coefficient (Wildman–Crippen LogP) is 24.5. The second-order valence-electron chi connectivity index (χ2n) is 38.8. The van der Waals surface area contributed by atoms with E-state index in [0.717, 1.165) is 138 Å². The topological polar surface area (TPSA) is 220 Å². The molecule has 22 nitrogen and oxygen atoms in total. The third kappa shape index (κ3) is 60.7. The van der Waals surface area contributed by atoms with E-state index in [1.807, 2.05) is 155 Å². The van der Waals surface area contributed by atoms with Crippen molar-refractivity contribution in [2.75, 3.05) is 139 Å². The molecule has 0 aromatic carbocycles. The lowest BCUT2D eigenvalue weighted by Gasteiger charge is -2.46. The number of thioether (sulfide) groups is 3. The van der Waals surface area contributed by atoms with E-state index in [1.54, 1.807) is 62.3 Å². The number of carbonyl (C=O) groups excluding carboxylic acids is 9. The number of morpholine rings is 1. The van der Waals surface area contributed by atoms with Crippen molar-refractivity contribution in [1.82, 2.24) is 44.1 Å². The molecule has 0 N–H and O–H groups in total. The number of nitrogens with zero attached hydrogens (tertiary/aromatic N) is 9. The van der Waals surface area contributed by atoms with Crippen LogP contribution in [-0.4, -0.2) is 337 Å². The van der Waals surface area contributed by atoms with Gasteiger partial charge in [-0.1, -0.05) is 189 Å². The number of Topliss-reactive ketones (excluding diaryl/α,β-unsaturated/α-hetero) is 9. The molecule has 19 unspecified atom stereocenters. The van der Waals surface area contributed by atoms with E-state index in [1.165, 1.54) is 184 Å². The Morgan fingerprint density at radius 2 is 0.662 bits per heavy atom. The first-order valence-corrected chi connectivity index (χ1v) is 60.1. The zero-order valence-electron chi connectivity index (χ0n) is 97.4. The lowest BCUT2D eigenvalue weighted by molar-refractivity contribution is -0.129. The molecular formula is C114H227N9O13S3. The maximum absolute atomic E-state index is 11.2. The van der Waals surface area contributed by atoms with E-state index in [4.69, 9.17) is 18.9 Å². The van der Waals surface area contributed by atoms with Gasteiger partial charge in [0.1, 0.15) is 58.3 Å². The Bertz CT molecular complexity index is 2750. The zero-order chi connectivity index (χ0) is 107. The first-order chi connectivity index (χ1) is 66.7. The van der Waals surface area contributed by atoms with E-state index < -0.39 is 0 Å². The zero-order valence-corrected chi connectivity index (χ0v) is 99.8. The normalized spacial score (nSPS) is 29.4. The predicted molar refractivity (Wildman–Crippen MR) is 600 cm³/mol. The van der Waals surface area contributed by atoms with E-state index in [0.29, 0.717) is 134 Å². The van der Waals surface area contributed by atoms with Crippen LogP contribution >= 0.6 is 35.3 Å². The summed E-state index contributed by atoms with van der Waals surface area (Å²) in [5.74, 6) is 10.4. The Balaban J connectivity index is -0.000000723. The van der Waals surface area contributed by atoms with Crippen LogP contribution < -0.4 is 0 Å². The quantitative estimate of drug-likeness (QED) is 0.124. The van der Waals surface area contributed by atoms with Gasteiger partial charge in [-0.15, -0.1) is 11.8 Å². The van der Waals surface area contributed by atoms with Crippen molar-refractivity contribution in [2.45, 2.75) is 533 Å². The van der Waals surface area contributed by atoms with Crippen LogP contribution in [0.2, 0.25) is 0 Å². The molecule has 5 saturated carbocycles. The number of rotatable bonds is 18. The fraction of sp³-hybridized carbons (Fsp3) is 0.921. The highest BCUT2D eigenvalue weighted by Gasteiger charge is 2.44. The lowest BCUT2D eigenvalue weighted by Crippen LogP contribution is -2.56. The van der Waals surface area contributed by atoms with Crippen LogP contribution in [0.4, 0.5) is 0 Å². The molecule has 25 heteroatoms. The summed E-state index contributed by atoms with van der Waals surface area (Å²) >= 11 is 6.07. The average molecular weight is 2030 g/mol. The molecule has 14 aliphatic rings. The Kier molecular flexibility index (Phi) is 92.0. The summed E-state index contributed by atoms with van der Waals surface area (Å²) in [6.45, 7) is 57.0. The van der Waals surface area contributed by atoms with Crippen LogP contribution in [0.3, 0.4) is 0 Å². The summed E-state index contributed by atoms with van der Waals surface area (Å²) in [5.41, 5.74) is 0. The smallest absolute Gasteiger partial charge is 0.133 e. The van der Waals surface area contributed by atoms with Crippen molar-refractivity contribution < 1.29 is 62.1 Å². The number of likely N-dealkylation sites (N-methyl/N-ethyl adjacent to an activating group) is 3. The minimum atomic E-state index is 0.0422. The Labute approximate surface area is 871 Å². The van der Waals surface area contributed by atoms with Gasteiger partial charge in [-0.3, -0.25) is 77.5 Å². The Morgan fingerprint density at radius 3 is 1.18 bits per heavy atom. The standard InChI is InChI=1S/C13H23NO.C12H21NO2.C12H21NOS.C12H21NO.C11H19NO2.2C9H17NO2.2C9H17NOS.9C2H6/c1-10(15)9-12-8-7-11-5-3-4-6-13(11)14(12)2;2*1-9(14)7-10-8-15-12-6-4-3-5-11(12)13(10)2;1-9(14)7-11-8-10-5-3-4-6-12(10)13(11)2;1-8(13)7-11-12(2)9-5-3-4-6-10(9)14-11;1-8(11)7-9-3-5-12-6-4-10(9)2;1-8(11)6-9-4-3-5-12-7-10(9)2;1-8(11)7-9-3-5-12-6-4-10(9)2;1-8(11)6-9-4-3-5-12-7-10(9)2;9*1-2/h11-13H,3-9H2,1-2H3;2*10-12H,3-8H2,1-2H3;10-12H,3-8H2,1-2H3;9-11H,3-7H2,1-2H3;4*9H,3-7H2,1-2H3;9*1-2H3. The molecule has 0 bridgehead atoms. The summed E-state index contributed by atoms with van der Waals surface area (Å²) in [4.78, 5) is 120. The van der Waals surface area contributed by atoms with Gasteiger partial charge >= 0.3 is 0 Å². The summed E-state index contributed by atoms with van der Waals surface area (Å²) in [6.07, 6.45) is 44.3. The molecule has 0 aromatic rings. The van der Waals surface area contributed by atoms with Crippen LogP contribution in [0.25, 0.3) is 0 Å². The second-order valence-corrected chi connectivity index (χ2v) is 42.4. The van der Waals surface area contributed by atoms with Crippen LogP contribution in [0.15, 0.2) is 0 Å². The maximum Gasteiger partial charge on any atom is 0.133 e. The molecule has 824 valence electrons. The monoisotopic (exact) mass is 2030 g/mol. The highest BCUT2D eigenvalue weighted by molar-refractivity contribution is 8.00. The second kappa shape index (κ2) is 89.5. The number of hydrogen-bond donors (Lipinski definition) is 0. The Hall–Kier alpha value is -2.44. The highest BCUT2D eigenvalue weighted by Crippen LogP contribution is 2.42. The van der Waals surface area contributed by atoms with Gasteiger partial charge < -0.3 is 28.7 Å². The summed E-state index contributed by atoms with van der Waals surface area (Å²) < 4.78 is 22.4. The van der Waals surface area contributed by atoms with Gasteiger partial charge in [-0.2, -0.15) is 23.5 Å². The molecular weight excluding hydrogens is 1800 g/mol. The molecule has 19 atom stereocenters. The molecule has 0 amide bonds. The van der Waals surface area contributed by atoms with Crippen LogP contribution in [0, 0.1) is 11.8 Å². The van der Waals surface area contributed by atoms with E-state index >= 15 is 0 Å². The van der Waals surface area contributed by atoms with E-state index in [-0.39, 0.29) is 29.4 Å². The van der Waals surface area contributed by atoms with Crippen LogP contribution in [0.5, 0.6) is 0 Å². The maximum atomic E-state index is 11.2. The number of fused-ring (bicyclic) bond motifs is 5. The van der Waals surface area contributed by atoms with Crippen LogP contribution in [-0.2, 0) is 62.1 Å². The number of piperidine rings is 1. The number of ether oxygens (including phenoxy) is 4. The summed E-state index contributed by atoms with van der Waals surface area (Å²) in [5, 5.41) is 0.840. The van der Waals surface area contributed by atoms with Gasteiger partial charge in [0, 0.05) is 185 Å². The van der Waals surface area contributed by atoms with Gasteiger partial charge in [0.25, 0.3) is 0 Å². The van der Waals surface area contributed by atoms with Crippen molar-refractivity contribution >= 4 is 87.3 Å². The SMILES string of the molecule is CC.CC.CC.CC.CC.CC.CC.CC.CC.CC(=O)CC1CC2CCCCC2N1C.CC(=O)CC1CCC2CCCCC2N1C.CC(=O)CC1CCCOCN1C.CC(=O)CC1CCCSCN1C.CC(=O)CC1CCOCCN1C.CC(=O)CC1CCSCCN1C.CC(=O)CC1COC2CCCCC2N1C.CC(=O)CC1CSC2CCCCC2N1C.CC(=O)CC1OC2CCCCC2N1C. The van der Waals surface area contributed by atoms with Crippen molar-refractivity contribution in [3.63, 3.8) is 0 Å². The first kappa shape index (κ1) is 143. The molecule has 0 aromatic heterocycles. The molecule has 0 spiro atoms. The minimum Gasteiger partial charge on any atom is -0.380 e. The highest BCUT2D eigenvalue weighted by atomic mass is 32.2. The van der Waals surface area contributed by atoms with Gasteiger partial charge in [0.15, 0.2) is 0 Å². The molecule has 5 aliphatic carbocycles. The largest absolute Gasteiger partial charge is 0.380 e. The Morgan fingerprint density at radius 1 is 0.273 bits per heavy atom. The summed E-state index contributed by atoms with van der Waals surface area (Å²) in [7, 11) is 19.2. The van der Waals surface area contributed by atoms with Crippen LogP contribution in [0.1, 0.15) is 431 Å². The van der Waals surface area contributed by atoms with Crippen molar-refractivity contribution in [1.29, 1.82) is 0 Å². The van der Waals surface area contributed by atoms with Gasteiger partial charge in [0.2, 0.25) is 0 Å². The van der Waals surface area contributed by atoms with Crippen molar-refractivity contribution in [3.05, 3.63) is 0 Å². The fourth-order valence-corrected chi connectivity index (χ4v) is 25.2. The van der Waals surface area contributed by atoms with Gasteiger partial charge in [-0.05, 0) is 271 Å². The van der Waals surface area contributed by atoms with E-state index in [9.17, 15) is 43.2 Å². The van der Waals surface area contributed by atoms with Crippen molar-refractivity contribution in [2.24, 2.45) is 11.8 Å². The number of hydrogen-bond acceptors (Lipinski definition) is 25. The van der Waals surface area contributed by atoms with Gasteiger partial charge in [-0.25, -0.2) is 0 Å². The molecule has 9 aliphatic heterocycles. The van der Waals surface area contributed by atoms with Crippen molar-refractivity contribution in [3.8, 4) is 0 Å². The molecule has 0 radical (unpaired) electrons. The molecule has 14 fully saturated rings.